The molecule has 0 aromatic carbocycles. The zero-order valence-corrected chi connectivity index (χ0v) is 12.9. The number of carbonyl (C=O) groups is 1. The SMILES string of the molecule is O=C(C1=COCCC1)N1CC[C@H](Oc2ccc(C(F)(F)F)cn2)C1. The molecule has 3 heterocycles. The van der Waals surface area contributed by atoms with Gasteiger partial charge in [-0.3, -0.25) is 4.79 Å². The van der Waals surface area contributed by atoms with Gasteiger partial charge in [-0.1, -0.05) is 0 Å². The molecule has 1 aromatic rings. The van der Waals surface area contributed by atoms with Crippen LogP contribution in [0.25, 0.3) is 0 Å². The van der Waals surface area contributed by atoms with Gasteiger partial charge in [0.1, 0.15) is 6.10 Å². The van der Waals surface area contributed by atoms with Crippen LogP contribution in [-0.4, -0.2) is 41.6 Å². The van der Waals surface area contributed by atoms with Crippen molar-refractivity contribution in [2.24, 2.45) is 0 Å². The molecule has 0 N–H and O–H groups in total. The van der Waals surface area contributed by atoms with Gasteiger partial charge < -0.3 is 14.4 Å². The number of alkyl halides is 3. The van der Waals surface area contributed by atoms with Crippen LogP contribution in [0.15, 0.2) is 30.2 Å². The maximum atomic E-state index is 12.5. The number of hydrogen-bond acceptors (Lipinski definition) is 4. The van der Waals surface area contributed by atoms with E-state index < -0.39 is 11.7 Å². The van der Waals surface area contributed by atoms with Gasteiger partial charge in [-0.15, -0.1) is 0 Å². The summed E-state index contributed by atoms with van der Waals surface area (Å²) in [6.45, 7) is 1.56. The minimum absolute atomic E-state index is 0.0684. The van der Waals surface area contributed by atoms with Crippen molar-refractivity contribution in [3.8, 4) is 5.88 Å². The first kappa shape index (κ1) is 16.6. The van der Waals surface area contributed by atoms with Crippen molar-refractivity contribution >= 4 is 5.91 Å². The summed E-state index contributed by atoms with van der Waals surface area (Å²) >= 11 is 0. The van der Waals surface area contributed by atoms with Crippen LogP contribution < -0.4 is 4.74 Å². The maximum absolute atomic E-state index is 12.5. The van der Waals surface area contributed by atoms with E-state index >= 15 is 0 Å². The lowest BCUT2D eigenvalue weighted by molar-refractivity contribution is -0.137. The van der Waals surface area contributed by atoms with Crippen molar-refractivity contribution in [2.75, 3.05) is 19.7 Å². The minimum Gasteiger partial charge on any atom is -0.501 e. The zero-order chi connectivity index (χ0) is 17.2. The highest BCUT2D eigenvalue weighted by Crippen LogP contribution is 2.29. The number of amides is 1. The number of carbonyl (C=O) groups excluding carboxylic acids is 1. The first-order valence-electron chi connectivity index (χ1n) is 7.73. The van der Waals surface area contributed by atoms with Gasteiger partial charge in [-0.05, 0) is 18.9 Å². The van der Waals surface area contributed by atoms with Crippen molar-refractivity contribution in [3.05, 3.63) is 35.7 Å². The molecule has 2 aliphatic heterocycles. The fourth-order valence-electron chi connectivity index (χ4n) is 2.72. The summed E-state index contributed by atoms with van der Waals surface area (Å²) in [6.07, 6.45) is -0.305. The Morgan fingerprint density at radius 3 is 2.83 bits per heavy atom. The van der Waals surface area contributed by atoms with E-state index in [4.69, 9.17) is 9.47 Å². The molecule has 8 heteroatoms. The molecule has 1 aromatic heterocycles. The average Bonchev–Trinajstić information content (AvgIpc) is 3.03. The molecule has 1 atom stereocenters. The monoisotopic (exact) mass is 342 g/mol. The third-order valence-electron chi connectivity index (χ3n) is 3.99. The van der Waals surface area contributed by atoms with E-state index in [2.05, 4.69) is 4.98 Å². The second-order valence-electron chi connectivity index (χ2n) is 5.78. The Bertz CT molecular complexity index is 628. The number of ether oxygens (including phenoxy) is 2. The second-order valence-corrected chi connectivity index (χ2v) is 5.78. The molecular formula is C16H17F3N2O3. The quantitative estimate of drug-likeness (QED) is 0.848. The fourth-order valence-corrected chi connectivity index (χ4v) is 2.72. The van der Waals surface area contributed by atoms with E-state index in [1.807, 2.05) is 0 Å². The van der Waals surface area contributed by atoms with E-state index in [0.717, 1.165) is 18.7 Å². The predicted octanol–water partition coefficient (Wildman–Crippen LogP) is 2.77. The zero-order valence-electron chi connectivity index (χ0n) is 12.9. The van der Waals surface area contributed by atoms with Gasteiger partial charge in [-0.2, -0.15) is 13.2 Å². The van der Waals surface area contributed by atoms with Gasteiger partial charge in [0.25, 0.3) is 5.91 Å². The van der Waals surface area contributed by atoms with Crippen LogP contribution in [0.2, 0.25) is 0 Å². The van der Waals surface area contributed by atoms with E-state index in [0.29, 0.717) is 38.1 Å². The highest BCUT2D eigenvalue weighted by Gasteiger charge is 2.32. The number of hydrogen-bond donors (Lipinski definition) is 0. The summed E-state index contributed by atoms with van der Waals surface area (Å²) < 4.78 is 48.3. The highest BCUT2D eigenvalue weighted by molar-refractivity contribution is 5.93. The Morgan fingerprint density at radius 2 is 2.21 bits per heavy atom. The molecule has 1 fully saturated rings. The Hall–Kier alpha value is -2.25. The number of likely N-dealkylation sites (tertiary alicyclic amines) is 1. The van der Waals surface area contributed by atoms with Crippen LogP contribution in [0.3, 0.4) is 0 Å². The summed E-state index contributed by atoms with van der Waals surface area (Å²) in [5.74, 6) is 0.0590. The maximum Gasteiger partial charge on any atom is 0.417 e. The van der Waals surface area contributed by atoms with Gasteiger partial charge in [0.05, 0.1) is 30.6 Å². The van der Waals surface area contributed by atoms with E-state index in [-0.39, 0.29) is 17.9 Å². The lowest BCUT2D eigenvalue weighted by Gasteiger charge is -2.20. The Kier molecular flexibility index (Phi) is 4.64. The van der Waals surface area contributed by atoms with Crippen LogP contribution >= 0.6 is 0 Å². The first-order chi connectivity index (χ1) is 11.4. The minimum atomic E-state index is -4.42. The summed E-state index contributed by atoms with van der Waals surface area (Å²) in [4.78, 5) is 17.7. The molecule has 0 bridgehead atoms. The number of halogens is 3. The van der Waals surface area contributed by atoms with Gasteiger partial charge >= 0.3 is 6.18 Å². The first-order valence-corrected chi connectivity index (χ1v) is 7.73. The van der Waals surface area contributed by atoms with Crippen molar-refractivity contribution in [3.63, 3.8) is 0 Å². The van der Waals surface area contributed by atoms with Crippen LogP contribution in [-0.2, 0) is 15.7 Å². The molecule has 3 rings (SSSR count). The molecule has 0 radical (unpaired) electrons. The van der Waals surface area contributed by atoms with Gasteiger partial charge in [0.2, 0.25) is 5.88 Å². The smallest absolute Gasteiger partial charge is 0.417 e. The lowest BCUT2D eigenvalue weighted by Crippen LogP contribution is -2.32. The van der Waals surface area contributed by atoms with Gasteiger partial charge in [0.15, 0.2) is 0 Å². The Balaban J connectivity index is 1.56. The van der Waals surface area contributed by atoms with Crippen LogP contribution in [0.5, 0.6) is 5.88 Å². The standard InChI is InChI=1S/C16H17F3N2O3/c17-16(18,19)12-3-4-14(20-8-12)24-13-5-6-21(9-13)15(22)11-2-1-7-23-10-11/h3-4,8,10,13H,1-2,5-7,9H2/t13-/m0/s1. The Morgan fingerprint density at radius 1 is 1.38 bits per heavy atom. The van der Waals surface area contributed by atoms with Crippen LogP contribution in [0, 0.1) is 0 Å². The van der Waals surface area contributed by atoms with Crippen LogP contribution in [0.4, 0.5) is 13.2 Å². The lowest BCUT2D eigenvalue weighted by atomic mass is 10.1. The van der Waals surface area contributed by atoms with Crippen LogP contribution in [0.1, 0.15) is 24.8 Å². The van der Waals surface area contributed by atoms with Gasteiger partial charge in [-0.25, -0.2) is 4.98 Å². The molecule has 5 nitrogen and oxygen atoms in total. The number of nitrogens with zero attached hydrogens (tertiary/aromatic N) is 2. The third kappa shape index (κ3) is 3.80. The second kappa shape index (κ2) is 6.70. The molecule has 1 amide bonds. The number of rotatable bonds is 3. The van der Waals surface area contributed by atoms with Crippen molar-refractivity contribution in [1.29, 1.82) is 0 Å². The van der Waals surface area contributed by atoms with E-state index in [1.165, 1.54) is 12.3 Å². The average molecular weight is 342 g/mol. The molecule has 1 saturated heterocycles. The summed E-state index contributed by atoms with van der Waals surface area (Å²) in [5.41, 5.74) is -0.170. The topological polar surface area (TPSA) is 51.7 Å². The van der Waals surface area contributed by atoms with E-state index in [1.54, 1.807) is 4.90 Å². The normalized spacial score (nSPS) is 21.2. The molecule has 0 aliphatic carbocycles. The summed E-state index contributed by atoms with van der Waals surface area (Å²) in [7, 11) is 0. The number of pyridine rings is 1. The van der Waals surface area contributed by atoms with Crippen molar-refractivity contribution < 1.29 is 27.4 Å². The number of aromatic nitrogens is 1. The van der Waals surface area contributed by atoms with E-state index in [9.17, 15) is 18.0 Å². The largest absolute Gasteiger partial charge is 0.501 e. The molecule has 2 aliphatic rings. The Labute approximate surface area is 137 Å². The van der Waals surface area contributed by atoms with Crippen molar-refractivity contribution in [1.82, 2.24) is 9.88 Å². The summed E-state index contributed by atoms with van der Waals surface area (Å²) in [6, 6.07) is 2.13. The summed E-state index contributed by atoms with van der Waals surface area (Å²) in [5, 5.41) is 0. The highest BCUT2D eigenvalue weighted by atomic mass is 19.4. The molecule has 0 unspecified atom stereocenters. The molecule has 0 spiro atoms. The predicted molar refractivity (Wildman–Crippen MR) is 78.1 cm³/mol. The molecular weight excluding hydrogens is 325 g/mol. The molecule has 130 valence electrons. The van der Waals surface area contributed by atoms with Crippen molar-refractivity contribution in [2.45, 2.75) is 31.5 Å². The third-order valence-corrected chi connectivity index (χ3v) is 3.99. The molecule has 24 heavy (non-hydrogen) atoms. The van der Waals surface area contributed by atoms with Gasteiger partial charge in [0, 0.05) is 25.2 Å². The molecule has 0 saturated carbocycles. The fraction of sp³-hybridized carbons (Fsp3) is 0.500.